The maximum atomic E-state index is 11.6. The van der Waals surface area contributed by atoms with Gasteiger partial charge in [0.2, 0.25) is 0 Å². The number of hydrogen-bond donors (Lipinski definition) is 0. The summed E-state index contributed by atoms with van der Waals surface area (Å²) >= 11 is 0. The van der Waals surface area contributed by atoms with Gasteiger partial charge in [0.25, 0.3) is 0 Å². The molecule has 2 saturated heterocycles. The van der Waals surface area contributed by atoms with Crippen molar-refractivity contribution in [2.45, 2.75) is 57.8 Å². The van der Waals surface area contributed by atoms with Gasteiger partial charge in [-0.15, -0.1) is 0 Å². The third kappa shape index (κ3) is 4.46. The molecule has 1 aromatic carbocycles. The molecule has 25 heavy (non-hydrogen) atoms. The molecular formula is C19H24O6. The molecule has 1 unspecified atom stereocenters. The SMILES string of the molecule is CCOC(=O)/C=C/C1O[C@@H]2OC(C)(C)O[C@@H]2[C@H]1OCc1ccccc1. The second kappa shape index (κ2) is 7.66. The average Bonchev–Trinajstić information content (AvgIpc) is 3.03. The minimum Gasteiger partial charge on any atom is -0.463 e. The van der Waals surface area contributed by atoms with Crippen molar-refractivity contribution in [3.63, 3.8) is 0 Å². The Labute approximate surface area is 147 Å². The van der Waals surface area contributed by atoms with E-state index in [2.05, 4.69) is 0 Å². The highest BCUT2D eigenvalue weighted by Gasteiger charge is 2.54. The Bertz CT molecular complexity index is 612. The van der Waals surface area contributed by atoms with Crippen molar-refractivity contribution in [1.82, 2.24) is 0 Å². The van der Waals surface area contributed by atoms with Crippen molar-refractivity contribution in [3.05, 3.63) is 48.0 Å². The third-order valence-corrected chi connectivity index (χ3v) is 4.02. The van der Waals surface area contributed by atoms with Crippen LogP contribution < -0.4 is 0 Å². The molecule has 1 aromatic rings. The van der Waals surface area contributed by atoms with E-state index in [0.717, 1.165) is 5.56 Å². The van der Waals surface area contributed by atoms with Crippen molar-refractivity contribution >= 4 is 5.97 Å². The molecule has 0 radical (unpaired) electrons. The van der Waals surface area contributed by atoms with E-state index in [-0.39, 0.29) is 12.2 Å². The molecule has 6 heteroatoms. The van der Waals surface area contributed by atoms with Gasteiger partial charge < -0.3 is 23.7 Å². The summed E-state index contributed by atoms with van der Waals surface area (Å²) < 4.78 is 28.6. The van der Waals surface area contributed by atoms with Crippen LogP contribution in [0.3, 0.4) is 0 Å². The molecule has 2 aliphatic heterocycles. The fourth-order valence-corrected chi connectivity index (χ4v) is 2.98. The number of carbonyl (C=O) groups excluding carboxylic acids is 1. The lowest BCUT2D eigenvalue weighted by Gasteiger charge is -2.24. The van der Waals surface area contributed by atoms with Crippen molar-refractivity contribution in [2.24, 2.45) is 0 Å². The van der Waals surface area contributed by atoms with Crippen LogP contribution in [0.5, 0.6) is 0 Å². The van der Waals surface area contributed by atoms with Crippen molar-refractivity contribution in [2.75, 3.05) is 6.61 Å². The van der Waals surface area contributed by atoms with Crippen LogP contribution in [0.1, 0.15) is 26.3 Å². The van der Waals surface area contributed by atoms with Crippen LogP contribution in [-0.4, -0.2) is 43.0 Å². The molecule has 2 aliphatic rings. The van der Waals surface area contributed by atoms with E-state index in [0.29, 0.717) is 13.2 Å². The highest BCUT2D eigenvalue weighted by atomic mass is 16.8. The van der Waals surface area contributed by atoms with Gasteiger partial charge in [-0.25, -0.2) is 4.79 Å². The van der Waals surface area contributed by atoms with E-state index in [1.165, 1.54) is 6.08 Å². The van der Waals surface area contributed by atoms with E-state index in [4.69, 9.17) is 23.7 Å². The maximum absolute atomic E-state index is 11.6. The monoisotopic (exact) mass is 348 g/mol. The molecule has 0 spiro atoms. The Kier molecular flexibility index (Phi) is 5.54. The first kappa shape index (κ1) is 18.1. The van der Waals surface area contributed by atoms with Gasteiger partial charge in [-0.05, 0) is 32.4 Å². The number of rotatable bonds is 6. The minimum atomic E-state index is -0.723. The smallest absolute Gasteiger partial charge is 0.330 e. The number of benzene rings is 1. The number of esters is 1. The van der Waals surface area contributed by atoms with Crippen LogP contribution in [-0.2, 0) is 35.1 Å². The Morgan fingerprint density at radius 1 is 1.24 bits per heavy atom. The molecule has 0 amide bonds. The molecule has 2 fully saturated rings. The summed E-state index contributed by atoms with van der Waals surface area (Å²) in [7, 11) is 0. The van der Waals surface area contributed by atoms with Crippen LogP contribution in [0.2, 0.25) is 0 Å². The van der Waals surface area contributed by atoms with Crippen LogP contribution in [0, 0.1) is 0 Å². The number of ether oxygens (including phenoxy) is 5. The summed E-state index contributed by atoms with van der Waals surface area (Å²) in [5, 5.41) is 0. The van der Waals surface area contributed by atoms with Gasteiger partial charge in [-0.3, -0.25) is 0 Å². The fraction of sp³-hybridized carbons (Fsp3) is 0.526. The lowest BCUT2D eigenvalue weighted by Crippen LogP contribution is -2.36. The molecule has 4 atom stereocenters. The van der Waals surface area contributed by atoms with E-state index >= 15 is 0 Å². The molecule has 0 aliphatic carbocycles. The summed E-state index contributed by atoms with van der Waals surface area (Å²) in [6.07, 6.45) is 1.31. The van der Waals surface area contributed by atoms with Gasteiger partial charge in [0.05, 0.1) is 13.2 Å². The second-order valence-electron chi connectivity index (χ2n) is 6.44. The van der Waals surface area contributed by atoms with E-state index in [1.54, 1.807) is 13.0 Å². The third-order valence-electron chi connectivity index (χ3n) is 4.02. The Morgan fingerprint density at radius 2 is 2.00 bits per heavy atom. The van der Waals surface area contributed by atoms with Gasteiger partial charge in [-0.1, -0.05) is 30.3 Å². The summed E-state index contributed by atoms with van der Waals surface area (Å²) in [6.45, 7) is 6.19. The molecule has 0 aromatic heterocycles. The number of carbonyl (C=O) groups is 1. The molecule has 2 heterocycles. The summed E-state index contributed by atoms with van der Waals surface area (Å²) in [6, 6.07) is 9.87. The van der Waals surface area contributed by atoms with E-state index in [9.17, 15) is 4.79 Å². The zero-order chi connectivity index (χ0) is 17.9. The largest absolute Gasteiger partial charge is 0.463 e. The molecule has 0 N–H and O–H groups in total. The van der Waals surface area contributed by atoms with Gasteiger partial charge in [-0.2, -0.15) is 0 Å². The molecule has 136 valence electrons. The Morgan fingerprint density at radius 3 is 2.72 bits per heavy atom. The predicted molar refractivity (Wildman–Crippen MR) is 89.5 cm³/mol. The molecular weight excluding hydrogens is 324 g/mol. The molecule has 6 nitrogen and oxygen atoms in total. The van der Waals surface area contributed by atoms with Crippen molar-refractivity contribution in [1.29, 1.82) is 0 Å². The Balaban J connectivity index is 1.69. The molecule has 0 saturated carbocycles. The van der Waals surface area contributed by atoms with Crippen LogP contribution in [0.4, 0.5) is 0 Å². The zero-order valence-electron chi connectivity index (χ0n) is 14.7. The van der Waals surface area contributed by atoms with Crippen molar-refractivity contribution in [3.8, 4) is 0 Å². The normalized spacial score (nSPS) is 30.5. The first-order valence-corrected chi connectivity index (χ1v) is 8.50. The van der Waals surface area contributed by atoms with Crippen molar-refractivity contribution < 1.29 is 28.5 Å². The first-order valence-electron chi connectivity index (χ1n) is 8.50. The highest BCUT2D eigenvalue weighted by molar-refractivity contribution is 5.81. The van der Waals surface area contributed by atoms with Crippen LogP contribution in [0.25, 0.3) is 0 Å². The Hall–Kier alpha value is -1.73. The summed E-state index contributed by atoms with van der Waals surface area (Å²) in [5.41, 5.74) is 1.05. The van der Waals surface area contributed by atoms with Gasteiger partial charge in [0.15, 0.2) is 12.1 Å². The van der Waals surface area contributed by atoms with E-state index in [1.807, 2.05) is 44.2 Å². The first-order chi connectivity index (χ1) is 12.0. The molecule has 3 rings (SSSR count). The lowest BCUT2D eigenvalue weighted by molar-refractivity contribution is -0.213. The van der Waals surface area contributed by atoms with Gasteiger partial charge >= 0.3 is 5.97 Å². The summed E-state index contributed by atoms with van der Waals surface area (Å²) in [5.74, 6) is -1.13. The van der Waals surface area contributed by atoms with Crippen LogP contribution >= 0.6 is 0 Å². The molecule has 0 bridgehead atoms. The summed E-state index contributed by atoms with van der Waals surface area (Å²) in [4.78, 5) is 11.6. The average molecular weight is 348 g/mol. The second-order valence-corrected chi connectivity index (χ2v) is 6.44. The standard InChI is InChI=1S/C19H24O6/c1-4-21-15(20)11-10-14-16(22-12-13-8-6-5-7-9-13)17-18(23-14)25-19(2,3)24-17/h5-11,14,16-18H,4,12H2,1-3H3/b11-10+/t14?,16-,17+,18+/m0/s1. The van der Waals surface area contributed by atoms with Gasteiger partial charge in [0, 0.05) is 6.08 Å². The predicted octanol–water partition coefficient (Wildman–Crippen LogP) is 2.57. The quantitative estimate of drug-likeness (QED) is 0.582. The van der Waals surface area contributed by atoms with Gasteiger partial charge in [0.1, 0.15) is 18.3 Å². The highest BCUT2D eigenvalue weighted by Crippen LogP contribution is 2.39. The topological polar surface area (TPSA) is 63.2 Å². The van der Waals surface area contributed by atoms with E-state index < -0.39 is 24.2 Å². The fourth-order valence-electron chi connectivity index (χ4n) is 2.98. The lowest BCUT2D eigenvalue weighted by atomic mass is 10.1. The number of fused-ring (bicyclic) bond motifs is 1. The zero-order valence-corrected chi connectivity index (χ0v) is 14.7. The van der Waals surface area contributed by atoms with Crippen LogP contribution in [0.15, 0.2) is 42.5 Å². The maximum Gasteiger partial charge on any atom is 0.330 e. The number of hydrogen-bond acceptors (Lipinski definition) is 6. The minimum absolute atomic E-state index is 0.328.